The summed E-state index contributed by atoms with van der Waals surface area (Å²) >= 11 is 0. The minimum atomic E-state index is -0.147. The summed E-state index contributed by atoms with van der Waals surface area (Å²) in [4.78, 5) is 18.8. The fourth-order valence-corrected chi connectivity index (χ4v) is 3.15. The molecule has 1 aliphatic rings. The number of rotatable bonds is 5. The van der Waals surface area contributed by atoms with Crippen LogP contribution >= 0.6 is 0 Å². The first-order valence-corrected chi connectivity index (χ1v) is 9.34. The molecule has 1 amide bonds. The maximum Gasteiger partial charge on any atom is 0.254 e. The Morgan fingerprint density at radius 1 is 1.21 bits per heavy atom. The van der Waals surface area contributed by atoms with Crippen molar-refractivity contribution in [2.45, 2.75) is 19.6 Å². The molecule has 7 nitrogen and oxygen atoms in total. The van der Waals surface area contributed by atoms with E-state index in [4.69, 9.17) is 9.47 Å². The molecule has 2 aromatic heterocycles. The number of aromatic nitrogens is 3. The Kier molecular flexibility index (Phi) is 5.34. The lowest BCUT2D eigenvalue weighted by atomic mass is 10.1. The number of ether oxygens (including phenoxy) is 2. The second-order valence-corrected chi connectivity index (χ2v) is 6.56. The quantitative estimate of drug-likeness (QED) is 0.681. The van der Waals surface area contributed by atoms with Crippen molar-refractivity contribution in [3.8, 4) is 11.5 Å². The summed E-state index contributed by atoms with van der Waals surface area (Å²) in [6, 6.07) is 10.8. The van der Waals surface area contributed by atoms with Gasteiger partial charge in [-0.15, -0.1) is 0 Å². The first-order valence-electron chi connectivity index (χ1n) is 9.34. The van der Waals surface area contributed by atoms with Gasteiger partial charge >= 0.3 is 0 Å². The van der Waals surface area contributed by atoms with Gasteiger partial charge in [-0.3, -0.25) is 14.5 Å². The van der Waals surface area contributed by atoms with E-state index in [-0.39, 0.29) is 12.0 Å². The number of morpholine rings is 1. The van der Waals surface area contributed by atoms with Gasteiger partial charge in [-0.05, 0) is 43.3 Å². The summed E-state index contributed by atoms with van der Waals surface area (Å²) in [5, 5.41) is 4.30. The number of nitrogens with zero attached hydrogens (tertiary/aromatic N) is 4. The Morgan fingerprint density at radius 2 is 2.07 bits per heavy atom. The molecule has 7 heteroatoms. The van der Waals surface area contributed by atoms with Crippen molar-refractivity contribution < 1.29 is 14.3 Å². The predicted molar refractivity (Wildman–Crippen MR) is 103 cm³/mol. The summed E-state index contributed by atoms with van der Waals surface area (Å²) in [7, 11) is 0. The monoisotopic (exact) mass is 378 g/mol. The molecule has 0 spiro atoms. The van der Waals surface area contributed by atoms with E-state index in [1.54, 1.807) is 36.7 Å². The molecular weight excluding hydrogens is 356 g/mol. The maximum atomic E-state index is 12.9. The molecule has 1 fully saturated rings. The lowest BCUT2D eigenvalue weighted by Gasteiger charge is -2.32. The third kappa shape index (κ3) is 4.04. The van der Waals surface area contributed by atoms with E-state index in [0.29, 0.717) is 36.8 Å². The zero-order chi connectivity index (χ0) is 19.3. The number of benzene rings is 1. The van der Waals surface area contributed by atoms with Gasteiger partial charge in [0.2, 0.25) is 0 Å². The molecule has 1 aromatic carbocycles. The van der Waals surface area contributed by atoms with Crippen LogP contribution in [-0.2, 0) is 11.3 Å². The summed E-state index contributed by atoms with van der Waals surface area (Å²) in [5.41, 5.74) is 1.63. The van der Waals surface area contributed by atoms with Crippen molar-refractivity contribution in [1.29, 1.82) is 0 Å². The molecule has 1 aliphatic heterocycles. The number of hydrogen-bond acceptors (Lipinski definition) is 5. The van der Waals surface area contributed by atoms with Crippen LogP contribution in [-0.4, -0.2) is 45.3 Å². The van der Waals surface area contributed by atoms with Crippen LogP contribution < -0.4 is 4.74 Å². The van der Waals surface area contributed by atoms with Crippen LogP contribution in [0.25, 0.3) is 0 Å². The SMILES string of the molecule is CCn1cc(C2CN(C(=O)c3ccc(Oc4cccnc4)cc3)CCO2)cn1. The van der Waals surface area contributed by atoms with Gasteiger partial charge in [0, 0.05) is 36.6 Å². The molecule has 1 atom stereocenters. The lowest BCUT2D eigenvalue weighted by Crippen LogP contribution is -2.42. The standard InChI is InChI=1S/C21H22N4O3/c1-2-25-14-17(12-23-25)20-15-24(10-11-27-20)21(26)16-5-7-18(8-6-16)28-19-4-3-9-22-13-19/h3-9,12-14,20H,2,10-11,15H2,1H3. The summed E-state index contributed by atoms with van der Waals surface area (Å²) in [6.07, 6.45) is 6.98. The van der Waals surface area contributed by atoms with Gasteiger partial charge in [0.05, 0.1) is 25.5 Å². The third-order valence-corrected chi connectivity index (χ3v) is 4.67. The fraction of sp³-hybridized carbons (Fsp3) is 0.286. The van der Waals surface area contributed by atoms with E-state index in [1.165, 1.54) is 0 Å². The zero-order valence-electron chi connectivity index (χ0n) is 15.7. The molecular formula is C21H22N4O3. The van der Waals surface area contributed by atoms with Crippen molar-refractivity contribution in [2.24, 2.45) is 0 Å². The topological polar surface area (TPSA) is 69.5 Å². The van der Waals surface area contributed by atoms with E-state index >= 15 is 0 Å². The second-order valence-electron chi connectivity index (χ2n) is 6.56. The highest BCUT2D eigenvalue weighted by Gasteiger charge is 2.27. The van der Waals surface area contributed by atoms with Crippen LogP contribution in [0.1, 0.15) is 28.9 Å². The molecule has 4 rings (SSSR count). The van der Waals surface area contributed by atoms with Gasteiger partial charge in [0.25, 0.3) is 5.91 Å². The van der Waals surface area contributed by atoms with Gasteiger partial charge in [-0.2, -0.15) is 5.10 Å². The fourth-order valence-electron chi connectivity index (χ4n) is 3.15. The Bertz CT molecular complexity index is 924. The van der Waals surface area contributed by atoms with Crippen LogP contribution in [0.2, 0.25) is 0 Å². The summed E-state index contributed by atoms with van der Waals surface area (Å²) in [5.74, 6) is 1.31. The molecule has 0 N–H and O–H groups in total. The molecule has 1 saturated heterocycles. The van der Waals surface area contributed by atoms with Gasteiger partial charge in [0.1, 0.15) is 17.6 Å². The molecule has 3 aromatic rings. The Balaban J connectivity index is 1.42. The summed E-state index contributed by atoms with van der Waals surface area (Å²) in [6.45, 7) is 4.45. The average molecular weight is 378 g/mol. The van der Waals surface area contributed by atoms with Crippen LogP contribution in [0.3, 0.4) is 0 Å². The highest BCUT2D eigenvalue weighted by molar-refractivity contribution is 5.94. The summed E-state index contributed by atoms with van der Waals surface area (Å²) < 4.78 is 13.4. The van der Waals surface area contributed by atoms with Crippen LogP contribution in [0, 0.1) is 0 Å². The predicted octanol–water partition coefficient (Wildman–Crippen LogP) is 3.30. The third-order valence-electron chi connectivity index (χ3n) is 4.67. The number of carbonyl (C=O) groups excluding carboxylic acids is 1. The average Bonchev–Trinajstić information content (AvgIpc) is 3.24. The van der Waals surface area contributed by atoms with E-state index in [0.717, 1.165) is 12.1 Å². The number of hydrogen-bond donors (Lipinski definition) is 0. The van der Waals surface area contributed by atoms with Crippen molar-refractivity contribution in [2.75, 3.05) is 19.7 Å². The number of amides is 1. The van der Waals surface area contributed by atoms with Gasteiger partial charge in [0.15, 0.2) is 0 Å². The second kappa shape index (κ2) is 8.22. The largest absolute Gasteiger partial charge is 0.456 e. The Hall–Kier alpha value is -3.19. The molecule has 1 unspecified atom stereocenters. The van der Waals surface area contributed by atoms with E-state index in [9.17, 15) is 4.79 Å². The molecule has 0 aliphatic carbocycles. The normalized spacial score (nSPS) is 16.8. The zero-order valence-corrected chi connectivity index (χ0v) is 15.7. The molecule has 0 radical (unpaired) electrons. The first kappa shape index (κ1) is 18.2. The van der Waals surface area contributed by atoms with E-state index in [1.807, 2.05) is 41.0 Å². The molecule has 3 heterocycles. The minimum Gasteiger partial charge on any atom is -0.456 e. The Morgan fingerprint density at radius 3 is 2.79 bits per heavy atom. The highest BCUT2D eigenvalue weighted by atomic mass is 16.5. The van der Waals surface area contributed by atoms with Gasteiger partial charge in [-0.25, -0.2) is 0 Å². The van der Waals surface area contributed by atoms with Gasteiger partial charge in [-0.1, -0.05) is 0 Å². The molecule has 0 saturated carbocycles. The smallest absolute Gasteiger partial charge is 0.254 e. The van der Waals surface area contributed by atoms with Crippen molar-refractivity contribution in [3.05, 3.63) is 72.3 Å². The first-order chi connectivity index (χ1) is 13.7. The number of aryl methyl sites for hydroxylation is 1. The lowest BCUT2D eigenvalue weighted by molar-refractivity contribution is -0.0228. The van der Waals surface area contributed by atoms with Crippen molar-refractivity contribution >= 4 is 5.91 Å². The van der Waals surface area contributed by atoms with Gasteiger partial charge < -0.3 is 14.4 Å². The van der Waals surface area contributed by atoms with Crippen LogP contribution in [0.5, 0.6) is 11.5 Å². The van der Waals surface area contributed by atoms with E-state index < -0.39 is 0 Å². The van der Waals surface area contributed by atoms with Crippen LogP contribution in [0.15, 0.2) is 61.2 Å². The van der Waals surface area contributed by atoms with E-state index in [2.05, 4.69) is 10.1 Å². The molecule has 144 valence electrons. The molecule has 28 heavy (non-hydrogen) atoms. The minimum absolute atomic E-state index is 0.0101. The maximum absolute atomic E-state index is 12.9. The van der Waals surface area contributed by atoms with Crippen LogP contribution in [0.4, 0.5) is 0 Å². The highest BCUT2D eigenvalue weighted by Crippen LogP contribution is 2.24. The Labute approximate surface area is 163 Å². The molecule has 0 bridgehead atoms. The number of pyridine rings is 1. The van der Waals surface area contributed by atoms with Crippen molar-refractivity contribution in [3.63, 3.8) is 0 Å². The number of carbonyl (C=O) groups is 1. The van der Waals surface area contributed by atoms with Crippen molar-refractivity contribution in [1.82, 2.24) is 19.7 Å².